The number of rotatable bonds is 10. The summed E-state index contributed by atoms with van der Waals surface area (Å²) in [7, 11) is 0. The van der Waals surface area contributed by atoms with Gasteiger partial charge in [0.1, 0.15) is 12.1 Å². The van der Waals surface area contributed by atoms with Gasteiger partial charge in [0.25, 0.3) is 0 Å². The smallest absolute Gasteiger partial charge is 0.326 e. The Morgan fingerprint density at radius 2 is 1.85 bits per heavy atom. The second-order valence-corrected chi connectivity index (χ2v) is 6.12. The Labute approximate surface area is 149 Å². The fraction of sp³-hybridized carbons (Fsp3) is 0.533. The second-order valence-electron chi connectivity index (χ2n) is 6.12. The Kier molecular flexibility index (Phi) is 7.72. The Hall–Kier alpha value is -2.95. The van der Waals surface area contributed by atoms with E-state index in [1.165, 1.54) is 12.5 Å². The molecular formula is C15H23N5O6. The summed E-state index contributed by atoms with van der Waals surface area (Å²) in [5, 5.41) is 22.3. The number of nitrogens with one attached hydrogen (secondary N) is 3. The van der Waals surface area contributed by atoms with E-state index in [0.717, 1.165) is 0 Å². The zero-order chi connectivity index (χ0) is 19.9. The molecule has 0 bridgehead atoms. The van der Waals surface area contributed by atoms with Crippen molar-refractivity contribution < 1.29 is 29.4 Å². The number of aromatic nitrogens is 2. The Morgan fingerprint density at radius 3 is 2.31 bits per heavy atom. The minimum Gasteiger partial charge on any atom is -0.481 e. The average molecular weight is 369 g/mol. The summed E-state index contributed by atoms with van der Waals surface area (Å²) in [6.07, 6.45) is 2.36. The third kappa shape index (κ3) is 6.51. The van der Waals surface area contributed by atoms with E-state index in [1.54, 1.807) is 13.8 Å². The van der Waals surface area contributed by atoms with E-state index in [9.17, 15) is 19.2 Å². The lowest BCUT2D eigenvalue weighted by Gasteiger charge is -2.25. The number of carboxylic acid groups (broad SMARTS) is 2. The first-order valence-electron chi connectivity index (χ1n) is 7.90. The maximum Gasteiger partial charge on any atom is 0.326 e. The number of imidazole rings is 1. The van der Waals surface area contributed by atoms with Crippen molar-refractivity contribution in [2.24, 2.45) is 11.7 Å². The second kappa shape index (κ2) is 9.51. The normalized spacial score (nSPS) is 14.3. The van der Waals surface area contributed by atoms with Crippen LogP contribution in [0.3, 0.4) is 0 Å². The van der Waals surface area contributed by atoms with E-state index in [-0.39, 0.29) is 12.3 Å². The van der Waals surface area contributed by atoms with Gasteiger partial charge in [0, 0.05) is 18.3 Å². The maximum atomic E-state index is 12.3. The predicted molar refractivity (Wildman–Crippen MR) is 88.9 cm³/mol. The quantitative estimate of drug-likeness (QED) is 0.286. The molecule has 0 aliphatic rings. The highest BCUT2D eigenvalue weighted by atomic mass is 16.4. The van der Waals surface area contributed by atoms with Gasteiger partial charge in [-0.15, -0.1) is 0 Å². The van der Waals surface area contributed by atoms with Crippen LogP contribution in [0, 0.1) is 5.92 Å². The molecule has 0 radical (unpaired) electrons. The molecule has 1 aromatic rings. The number of carboxylic acids is 2. The average Bonchev–Trinajstić information content (AvgIpc) is 3.03. The highest BCUT2D eigenvalue weighted by molar-refractivity contribution is 5.92. The number of nitrogens with two attached hydrogens (primary N) is 1. The number of amides is 2. The van der Waals surface area contributed by atoms with Crippen molar-refractivity contribution in [2.45, 2.75) is 44.8 Å². The highest BCUT2D eigenvalue weighted by Crippen LogP contribution is 2.05. The zero-order valence-electron chi connectivity index (χ0n) is 14.4. The van der Waals surface area contributed by atoms with Crippen LogP contribution in [0.4, 0.5) is 0 Å². The van der Waals surface area contributed by atoms with Crippen LogP contribution in [0.5, 0.6) is 0 Å². The van der Waals surface area contributed by atoms with Crippen LogP contribution in [-0.4, -0.2) is 62.1 Å². The summed E-state index contributed by atoms with van der Waals surface area (Å²) < 4.78 is 0. The number of carbonyl (C=O) groups excluding carboxylic acids is 2. The Balaban J connectivity index is 2.74. The van der Waals surface area contributed by atoms with E-state index in [4.69, 9.17) is 15.9 Å². The first-order chi connectivity index (χ1) is 12.1. The van der Waals surface area contributed by atoms with Crippen LogP contribution in [-0.2, 0) is 25.6 Å². The van der Waals surface area contributed by atoms with Crippen LogP contribution >= 0.6 is 0 Å². The summed E-state index contributed by atoms with van der Waals surface area (Å²) in [5.74, 6) is -4.62. The third-order valence-corrected chi connectivity index (χ3v) is 3.57. The lowest BCUT2D eigenvalue weighted by atomic mass is 10.0. The van der Waals surface area contributed by atoms with Crippen molar-refractivity contribution in [1.82, 2.24) is 20.6 Å². The molecule has 144 valence electrons. The first-order valence-corrected chi connectivity index (χ1v) is 7.90. The van der Waals surface area contributed by atoms with Crippen molar-refractivity contribution in [1.29, 1.82) is 0 Å². The molecule has 3 unspecified atom stereocenters. The molecule has 0 saturated carbocycles. The molecule has 7 N–H and O–H groups in total. The van der Waals surface area contributed by atoms with Crippen LogP contribution in [0.15, 0.2) is 12.5 Å². The number of aromatic amines is 1. The van der Waals surface area contributed by atoms with Gasteiger partial charge in [-0.1, -0.05) is 13.8 Å². The van der Waals surface area contributed by atoms with Crippen molar-refractivity contribution in [2.75, 3.05) is 0 Å². The van der Waals surface area contributed by atoms with Crippen molar-refractivity contribution in [3.05, 3.63) is 18.2 Å². The van der Waals surface area contributed by atoms with E-state index >= 15 is 0 Å². The van der Waals surface area contributed by atoms with Gasteiger partial charge in [-0.25, -0.2) is 9.78 Å². The molecule has 26 heavy (non-hydrogen) atoms. The van der Waals surface area contributed by atoms with Crippen molar-refractivity contribution in [3.8, 4) is 0 Å². The van der Waals surface area contributed by atoms with Crippen LogP contribution < -0.4 is 16.4 Å². The molecule has 0 aliphatic heterocycles. The molecule has 0 spiro atoms. The van der Waals surface area contributed by atoms with E-state index in [2.05, 4.69) is 20.6 Å². The summed E-state index contributed by atoms with van der Waals surface area (Å²) >= 11 is 0. The third-order valence-electron chi connectivity index (χ3n) is 3.57. The van der Waals surface area contributed by atoms with Crippen molar-refractivity contribution in [3.63, 3.8) is 0 Å². The van der Waals surface area contributed by atoms with Gasteiger partial charge in [0.05, 0.1) is 18.8 Å². The molecule has 0 aromatic carbocycles. The molecule has 0 fully saturated rings. The van der Waals surface area contributed by atoms with Gasteiger partial charge in [-0.05, 0) is 5.92 Å². The molecule has 1 heterocycles. The van der Waals surface area contributed by atoms with E-state index in [0.29, 0.717) is 5.69 Å². The molecular weight excluding hydrogens is 346 g/mol. The Bertz CT molecular complexity index is 645. The van der Waals surface area contributed by atoms with Gasteiger partial charge in [-0.3, -0.25) is 14.4 Å². The van der Waals surface area contributed by atoms with Crippen LogP contribution in [0.25, 0.3) is 0 Å². The van der Waals surface area contributed by atoms with Crippen LogP contribution in [0.2, 0.25) is 0 Å². The fourth-order valence-electron chi connectivity index (χ4n) is 2.16. The van der Waals surface area contributed by atoms with Gasteiger partial charge in [-0.2, -0.15) is 0 Å². The molecule has 11 heteroatoms. The molecule has 11 nitrogen and oxygen atoms in total. The van der Waals surface area contributed by atoms with Gasteiger partial charge >= 0.3 is 11.9 Å². The maximum absolute atomic E-state index is 12.3. The van der Waals surface area contributed by atoms with Gasteiger partial charge in [0.2, 0.25) is 11.8 Å². The van der Waals surface area contributed by atoms with Gasteiger partial charge < -0.3 is 31.6 Å². The first kappa shape index (κ1) is 21.1. The number of carbonyl (C=O) groups is 4. The largest absolute Gasteiger partial charge is 0.481 e. The molecule has 0 aliphatic carbocycles. The molecule has 1 rings (SSSR count). The lowest BCUT2D eigenvalue weighted by Crippen LogP contribution is -2.56. The minimum atomic E-state index is -1.60. The lowest BCUT2D eigenvalue weighted by molar-refractivity contribution is -0.147. The van der Waals surface area contributed by atoms with Crippen LogP contribution in [0.1, 0.15) is 26.0 Å². The molecule has 2 amide bonds. The fourth-order valence-corrected chi connectivity index (χ4v) is 2.16. The predicted octanol–water partition coefficient (Wildman–Crippen LogP) is -1.54. The summed E-state index contributed by atoms with van der Waals surface area (Å²) in [6, 6.07) is -3.61. The topological polar surface area (TPSA) is 187 Å². The highest BCUT2D eigenvalue weighted by Gasteiger charge is 2.31. The number of hydrogen-bond acceptors (Lipinski definition) is 6. The standard InChI is InChI=1S/C15H23N5O6/c1-7(2)12(14(24)19-10(15(25)26)4-11(21)22)20-13(23)9(16)3-8-5-17-6-18-8/h5-7,9-10,12H,3-4,16H2,1-2H3,(H,17,18)(H,19,24)(H,20,23)(H,21,22)(H,25,26). The van der Waals surface area contributed by atoms with E-state index in [1.807, 2.05) is 0 Å². The number of aliphatic carboxylic acids is 2. The Morgan fingerprint density at radius 1 is 1.19 bits per heavy atom. The summed E-state index contributed by atoms with van der Waals surface area (Å²) in [5.41, 5.74) is 6.45. The zero-order valence-corrected chi connectivity index (χ0v) is 14.4. The molecule has 1 aromatic heterocycles. The number of H-pyrrole nitrogens is 1. The van der Waals surface area contributed by atoms with Crippen molar-refractivity contribution >= 4 is 23.8 Å². The number of hydrogen-bond donors (Lipinski definition) is 6. The molecule has 0 saturated heterocycles. The van der Waals surface area contributed by atoms with E-state index < -0.39 is 48.3 Å². The number of nitrogens with zero attached hydrogens (tertiary/aromatic N) is 1. The SMILES string of the molecule is CC(C)C(NC(=O)C(N)Cc1cnc[nH]1)C(=O)NC(CC(=O)O)C(=O)O. The monoisotopic (exact) mass is 369 g/mol. The molecule has 3 atom stereocenters. The van der Waals surface area contributed by atoms with Gasteiger partial charge in [0.15, 0.2) is 0 Å². The minimum absolute atomic E-state index is 0.176. The summed E-state index contributed by atoms with van der Waals surface area (Å²) in [6.45, 7) is 3.30. The summed E-state index contributed by atoms with van der Waals surface area (Å²) in [4.78, 5) is 52.9.